The van der Waals surface area contributed by atoms with E-state index in [1.807, 2.05) is 13.0 Å². The summed E-state index contributed by atoms with van der Waals surface area (Å²) >= 11 is 0. The molecule has 0 aliphatic rings. The van der Waals surface area contributed by atoms with Gasteiger partial charge in [-0.15, -0.1) is 0 Å². The minimum Gasteiger partial charge on any atom is -0.428 e. The number of rotatable bonds is 12. The lowest BCUT2D eigenvalue weighted by Gasteiger charge is -2.29. The van der Waals surface area contributed by atoms with Crippen LogP contribution in [-0.2, 0) is 13.0 Å². The first kappa shape index (κ1) is 26.8. The van der Waals surface area contributed by atoms with E-state index in [0.717, 1.165) is 43.4 Å². The Morgan fingerprint density at radius 3 is 2.24 bits per heavy atom. The fourth-order valence-electron chi connectivity index (χ4n) is 3.19. The zero-order chi connectivity index (χ0) is 24.6. The third kappa shape index (κ3) is 8.42. The van der Waals surface area contributed by atoms with Crippen molar-refractivity contribution in [1.29, 1.82) is 0 Å². The number of aryl methyl sites for hydroxylation is 1. The van der Waals surface area contributed by atoms with E-state index in [1.165, 1.54) is 17.0 Å². The maximum Gasteiger partial charge on any atom is 0.461 e. The van der Waals surface area contributed by atoms with Crippen molar-refractivity contribution in [3.63, 3.8) is 0 Å². The van der Waals surface area contributed by atoms with Gasteiger partial charge in [0, 0.05) is 12.2 Å². The van der Waals surface area contributed by atoms with Gasteiger partial charge in [-0.2, -0.15) is 30.7 Å². The average Bonchev–Trinajstić information content (AvgIpc) is 2.73. The Labute approximate surface area is 187 Å². The highest BCUT2D eigenvalue weighted by Gasteiger charge is 2.44. The van der Waals surface area contributed by atoms with E-state index in [0.29, 0.717) is 5.69 Å². The van der Waals surface area contributed by atoms with E-state index < -0.39 is 37.1 Å². The maximum absolute atomic E-state index is 13.2. The van der Waals surface area contributed by atoms with Crippen molar-refractivity contribution < 1.29 is 40.6 Å². The number of nitrogens with zero attached hydrogens (tertiary/aromatic N) is 1. The maximum atomic E-state index is 13.2. The Hall–Kier alpha value is -2.49. The van der Waals surface area contributed by atoms with Crippen LogP contribution in [0.2, 0.25) is 0 Å². The van der Waals surface area contributed by atoms with E-state index in [1.54, 1.807) is 18.2 Å². The molecule has 184 valence electrons. The third-order valence-corrected chi connectivity index (χ3v) is 4.90. The van der Waals surface area contributed by atoms with Gasteiger partial charge in [0.05, 0.1) is 6.54 Å². The first-order valence-electron chi connectivity index (χ1n) is 10.4. The molecular formula is C23H26F7NO2. The molecular weight excluding hydrogens is 455 g/mol. The summed E-state index contributed by atoms with van der Waals surface area (Å²) in [6.45, 7) is 1.04. The Morgan fingerprint density at radius 2 is 1.61 bits per heavy atom. The van der Waals surface area contributed by atoms with Crippen LogP contribution in [0.4, 0.5) is 36.4 Å². The highest BCUT2D eigenvalue weighted by Crippen LogP contribution is 2.30. The standard InChI is InChI=1S/C23H26F7NO2/c1-2-3-4-7-16-8-5-10-18(12-16)31(15-20(32)22(26,27)28)14-17-9-6-11-19(13-17)33-23(29,30)21(24)25/h5-6,8-13,20-21,32H,2-4,7,14-15H2,1H3. The minimum atomic E-state index is -4.86. The van der Waals surface area contributed by atoms with Gasteiger partial charge in [-0.3, -0.25) is 0 Å². The van der Waals surface area contributed by atoms with Crippen LogP contribution in [0.15, 0.2) is 48.5 Å². The van der Waals surface area contributed by atoms with Crippen LogP contribution < -0.4 is 9.64 Å². The topological polar surface area (TPSA) is 32.7 Å². The molecule has 0 aliphatic carbocycles. The molecule has 0 amide bonds. The fraction of sp³-hybridized carbons (Fsp3) is 0.478. The molecule has 2 aromatic carbocycles. The number of halogens is 7. The van der Waals surface area contributed by atoms with E-state index in [2.05, 4.69) is 4.74 Å². The van der Waals surface area contributed by atoms with Crippen LogP contribution in [0, 0.1) is 0 Å². The van der Waals surface area contributed by atoms with Crippen molar-refractivity contribution in [2.45, 2.75) is 64.0 Å². The lowest BCUT2D eigenvalue weighted by atomic mass is 10.1. The quantitative estimate of drug-likeness (QED) is 0.274. The van der Waals surface area contributed by atoms with Gasteiger partial charge in [-0.25, -0.2) is 0 Å². The Balaban J connectivity index is 2.29. The van der Waals surface area contributed by atoms with Crippen LogP contribution in [0.5, 0.6) is 5.75 Å². The van der Waals surface area contributed by atoms with Crippen molar-refractivity contribution >= 4 is 5.69 Å². The van der Waals surface area contributed by atoms with Gasteiger partial charge in [0.2, 0.25) is 0 Å². The van der Waals surface area contributed by atoms with Crippen LogP contribution in [0.3, 0.4) is 0 Å². The second-order valence-corrected chi connectivity index (χ2v) is 7.68. The van der Waals surface area contributed by atoms with Gasteiger partial charge in [0.1, 0.15) is 5.75 Å². The predicted molar refractivity (Wildman–Crippen MR) is 111 cm³/mol. The van der Waals surface area contributed by atoms with Crippen molar-refractivity contribution in [3.05, 3.63) is 59.7 Å². The van der Waals surface area contributed by atoms with Crippen molar-refractivity contribution in [3.8, 4) is 5.75 Å². The normalized spacial score (nSPS) is 13.3. The molecule has 0 heterocycles. The number of anilines is 1. The molecule has 1 unspecified atom stereocenters. The van der Waals surface area contributed by atoms with Crippen LogP contribution in [-0.4, -0.2) is 36.5 Å². The van der Waals surface area contributed by atoms with Gasteiger partial charge < -0.3 is 14.7 Å². The van der Waals surface area contributed by atoms with Crippen molar-refractivity contribution in [2.75, 3.05) is 11.4 Å². The Bertz CT molecular complexity index is 874. The summed E-state index contributed by atoms with van der Waals surface area (Å²) in [5.74, 6) is -0.553. The molecule has 1 atom stereocenters. The molecule has 0 fully saturated rings. The summed E-state index contributed by atoms with van der Waals surface area (Å²) in [7, 11) is 0. The summed E-state index contributed by atoms with van der Waals surface area (Å²) < 4.78 is 94.4. The van der Waals surface area contributed by atoms with Gasteiger partial charge in [-0.05, 0) is 48.2 Å². The van der Waals surface area contributed by atoms with Crippen LogP contribution in [0.1, 0.15) is 37.3 Å². The molecule has 0 bridgehead atoms. The zero-order valence-electron chi connectivity index (χ0n) is 18.0. The molecule has 0 saturated carbocycles. The second kappa shape index (κ2) is 11.6. The van der Waals surface area contributed by atoms with Crippen LogP contribution >= 0.6 is 0 Å². The predicted octanol–water partition coefficient (Wildman–Crippen LogP) is 6.59. The molecule has 0 spiro atoms. The molecule has 0 saturated heterocycles. The zero-order valence-corrected chi connectivity index (χ0v) is 18.0. The Morgan fingerprint density at radius 1 is 0.939 bits per heavy atom. The van der Waals surface area contributed by atoms with E-state index in [-0.39, 0.29) is 12.1 Å². The first-order chi connectivity index (χ1) is 15.4. The summed E-state index contributed by atoms with van der Waals surface area (Å²) in [6, 6.07) is 11.6. The average molecular weight is 481 g/mol. The lowest BCUT2D eigenvalue weighted by Crippen LogP contribution is -2.41. The van der Waals surface area contributed by atoms with E-state index >= 15 is 0 Å². The fourth-order valence-corrected chi connectivity index (χ4v) is 3.19. The van der Waals surface area contributed by atoms with Gasteiger partial charge >= 0.3 is 18.7 Å². The molecule has 3 nitrogen and oxygen atoms in total. The number of aliphatic hydroxyl groups is 1. The SMILES string of the molecule is CCCCCc1cccc(N(Cc2cccc(OC(F)(F)C(F)F)c2)CC(O)C(F)(F)F)c1. The number of aliphatic hydroxyl groups excluding tert-OH is 1. The van der Waals surface area contributed by atoms with Crippen LogP contribution in [0.25, 0.3) is 0 Å². The number of unbranched alkanes of at least 4 members (excludes halogenated alkanes) is 2. The van der Waals surface area contributed by atoms with Gasteiger partial charge in [-0.1, -0.05) is 44.0 Å². The highest BCUT2D eigenvalue weighted by atomic mass is 19.4. The van der Waals surface area contributed by atoms with Gasteiger partial charge in [0.25, 0.3) is 0 Å². The van der Waals surface area contributed by atoms with E-state index in [9.17, 15) is 35.8 Å². The van der Waals surface area contributed by atoms with E-state index in [4.69, 9.17) is 0 Å². The molecule has 10 heteroatoms. The summed E-state index contributed by atoms with van der Waals surface area (Å²) in [5.41, 5.74) is 1.54. The number of hydrogen-bond acceptors (Lipinski definition) is 3. The second-order valence-electron chi connectivity index (χ2n) is 7.68. The number of benzene rings is 2. The molecule has 33 heavy (non-hydrogen) atoms. The molecule has 0 radical (unpaired) electrons. The first-order valence-corrected chi connectivity index (χ1v) is 10.4. The summed E-state index contributed by atoms with van der Waals surface area (Å²) in [5, 5.41) is 9.63. The number of alkyl halides is 7. The largest absolute Gasteiger partial charge is 0.461 e. The van der Waals surface area contributed by atoms with Crippen molar-refractivity contribution in [1.82, 2.24) is 0 Å². The summed E-state index contributed by atoms with van der Waals surface area (Å²) in [4.78, 5) is 1.26. The number of hydrogen-bond donors (Lipinski definition) is 1. The van der Waals surface area contributed by atoms with Gasteiger partial charge in [0.15, 0.2) is 6.10 Å². The Kier molecular flexibility index (Phi) is 9.39. The molecule has 0 aromatic heterocycles. The number of ether oxygens (including phenoxy) is 1. The smallest absolute Gasteiger partial charge is 0.428 e. The molecule has 2 aromatic rings. The summed E-state index contributed by atoms with van der Waals surface area (Å²) in [6.07, 6.45) is -12.6. The molecule has 0 aliphatic heterocycles. The lowest BCUT2D eigenvalue weighted by molar-refractivity contribution is -0.253. The molecule has 2 rings (SSSR count). The van der Waals surface area contributed by atoms with Crippen molar-refractivity contribution in [2.24, 2.45) is 0 Å². The molecule has 1 N–H and O–H groups in total. The monoisotopic (exact) mass is 481 g/mol. The highest BCUT2D eigenvalue weighted by molar-refractivity contribution is 5.50. The third-order valence-electron chi connectivity index (χ3n) is 4.90. The minimum absolute atomic E-state index is 0.205.